The fourth-order valence-corrected chi connectivity index (χ4v) is 3.72. The van der Waals surface area contributed by atoms with Crippen molar-refractivity contribution >= 4 is 23.4 Å². The van der Waals surface area contributed by atoms with E-state index < -0.39 is 0 Å². The number of carbonyl (C=O) groups is 1. The van der Waals surface area contributed by atoms with Crippen LogP contribution in [-0.2, 0) is 0 Å². The summed E-state index contributed by atoms with van der Waals surface area (Å²) >= 11 is 1.84. The largest absolute Gasteiger partial charge is 0.323 e. The molecule has 0 aliphatic carbocycles. The van der Waals surface area contributed by atoms with E-state index in [1.54, 1.807) is 10.7 Å². The maximum Gasteiger partial charge on any atom is 0.294 e. The highest BCUT2D eigenvalue weighted by molar-refractivity contribution is 8.00. The lowest BCUT2D eigenvalue weighted by atomic mass is 10.3. The lowest BCUT2D eigenvalue weighted by Crippen LogP contribution is -2.35. The van der Waals surface area contributed by atoms with Gasteiger partial charge in [0.15, 0.2) is 0 Å². The molecule has 3 rings (SSSR count). The average molecular weight is 291 g/mol. The Morgan fingerprint density at radius 2 is 2.40 bits per heavy atom. The van der Waals surface area contributed by atoms with Gasteiger partial charge < -0.3 is 4.90 Å². The Labute approximate surface area is 121 Å². The zero-order valence-corrected chi connectivity index (χ0v) is 12.4. The molecule has 1 fully saturated rings. The molecule has 7 heteroatoms. The second kappa shape index (κ2) is 5.40. The van der Waals surface area contributed by atoms with E-state index in [1.807, 2.05) is 29.7 Å². The zero-order valence-electron chi connectivity index (χ0n) is 11.6. The number of hydrogen-bond donors (Lipinski definition) is 0. The van der Waals surface area contributed by atoms with Crippen LogP contribution in [0.2, 0.25) is 0 Å². The highest BCUT2D eigenvalue weighted by Crippen LogP contribution is 2.28. The maximum atomic E-state index is 12.6. The molecular weight excluding hydrogens is 274 g/mol. The first-order valence-electron chi connectivity index (χ1n) is 6.81. The van der Waals surface area contributed by atoms with Gasteiger partial charge in [-0.15, -0.1) is 16.9 Å². The number of amides is 1. The molecule has 0 spiro atoms. The van der Waals surface area contributed by atoms with Gasteiger partial charge in [-0.2, -0.15) is 4.98 Å². The van der Waals surface area contributed by atoms with Gasteiger partial charge in [-0.25, -0.2) is 9.50 Å². The van der Waals surface area contributed by atoms with Gasteiger partial charge >= 0.3 is 0 Å². The van der Waals surface area contributed by atoms with Crippen LogP contribution in [0.4, 0.5) is 0 Å². The molecular formula is C13H17N5OS. The van der Waals surface area contributed by atoms with Crippen LogP contribution in [0.1, 0.15) is 36.1 Å². The van der Waals surface area contributed by atoms with Crippen LogP contribution < -0.4 is 0 Å². The first kappa shape index (κ1) is 13.4. The summed E-state index contributed by atoms with van der Waals surface area (Å²) in [6.07, 6.45) is 3.76. The van der Waals surface area contributed by atoms with E-state index in [9.17, 15) is 4.79 Å². The van der Waals surface area contributed by atoms with E-state index in [0.717, 1.165) is 30.8 Å². The molecule has 0 aromatic carbocycles. The van der Waals surface area contributed by atoms with Crippen molar-refractivity contribution in [3.63, 3.8) is 0 Å². The molecule has 0 radical (unpaired) electrons. The predicted molar refractivity (Wildman–Crippen MR) is 77.7 cm³/mol. The Morgan fingerprint density at radius 1 is 1.55 bits per heavy atom. The molecule has 2 aromatic rings. The Kier molecular flexibility index (Phi) is 3.60. The molecule has 0 unspecified atom stereocenters. The summed E-state index contributed by atoms with van der Waals surface area (Å²) in [6, 6.07) is 1.85. The van der Waals surface area contributed by atoms with Crippen LogP contribution in [0.15, 0.2) is 12.3 Å². The smallest absolute Gasteiger partial charge is 0.294 e. The van der Waals surface area contributed by atoms with E-state index in [4.69, 9.17) is 0 Å². The third kappa shape index (κ3) is 2.26. The third-order valence-electron chi connectivity index (χ3n) is 3.41. The average Bonchev–Trinajstić information content (AvgIpc) is 3.05. The van der Waals surface area contributed by atoms with Crippen molar-refractivity contribution < 1.29 is 4.79 Å². The van der Waals surface area contributed by atoms with E-state index >= 15 is 0 Å². The van der Waals surface area contributed by atoms with Crippen molar-refractivity contribution in [2.45, 2.75) is 32.1 Å². The molecule has 20 heavy (non-hydrogen) atoms. The lowest BCUT2D eigenvalue weighted by molar-refractivity contribution is 0.0744. The van der Waals surface area contributed by atoms with Gasteiger partial charge in [0, 0.05) is 24.2 Å². The number of nitrogens with zero attached hydrogens (tertiary/aromatic N) is 5. The summed E-state index contributed by atoms with van der Waals surface area (Å²) in [6.45, 7) is 4.83. The van der Waals surface area contributed by atoms with E-state index in [1.165, 1.54) is 0 Å². The Hall–Kier alpha value is -1.63. The molecule has 6 nitrogen and oxygen atoms in total. The number of fused-ring (bicyclic) bond motifs is 1. The van der Waals surface area contributed by atoms with Crippen LogP contribution in [0.25, 0.3) is 5.78 Å². The van der Waals surface area contributed by atoms with Gasteiger partial charge in [0.2, 0.25) is 5.82 Å². The fourth-order valence-electron chi connectivity index (χ4n) is 2.36. The molecule has 1 amide bonds. The van der Waals surface area contributed by atoms with Gasteiger partial charge in [0.25, 0.3) is 11.7 Å². The summed E-state index contributed by atoms with van der Waals surface area (Å²) in [5.74, 6) is 1.63. The van der Waals surface area contributed by atoms with E-state index in [2.05, 4.69) is 22.0 Å². The SMILES string of the molecule is CCC[C@@H]1SCCN1C(=O)c1nc2nccc(C)n2n1. The number of thioether (sulfide) groups is 1. The standard InChI is InChI=1S/C13H17N5OS/c1-3-4-10-17(7-8-20-10)12(19)11-15-13-14-6-5-9(2)18(13)16-11/h5-6,10H,3-4,7-8H2,1-2H3/t10-/m0/s1. The van der Waals surface area contributed by atoms with E-state index in [-0.39, 0.29) is 17.1 Å². The normalized spacial score (nSPS) is 18.9. The minimum Gasteiger partial charge on any atom is -0.323 e. The Morgan fingerprint density at radius 3 is 3.15 bits per heavy atom. The summed E-state index contributed by atoms with van der Waals surface area (Å²) in [5, 5.41) is 4.55. The zero-order chi connectivity index (χ0) is 14.1. The molecule has 2 aromatic heterocycles. The molecule has 3 heterocycles. The van der Waals surface area contributed by atoms with Gasteiger partial charge in [-0.05, 0) is 19.4 Å². The van der Waals surface area contributed by atoms with Crippen molar-refractivity contribution in [3.8, 4) is 0 Å². The van der Waals surface area contributed by atoms with Gasteiger partial charge in [-0.1, -0.05) is 13.3 Å². The first-order chi connectivity index (χ1) is 9.70. The fraction of sp³-hybridized carbons (Fsp3) is 0.538. The number of aryl methyl sites for hydroxylation is 1. The topological polar surface area (TPSA) is 63.4 Å². The van der Waals surface area contributed by atoms with Crippen LogP contribution in [0.5, 0.6) is 0 Å². The molecule has 0 bridgehead atoms. The second-order valence-electron chi connectivity index (χ2n) is 4.85. The molecule has 106 valence electrons. The van der Waals surface area contributed by atoms with Crippen LogP contribution >= 0.6 is 11.8 Å². The third-order valence-corrected chi connectivity index (χ3v) is 4.70. The minimum atomic E-state index is -0.0849. The molecule has 1 aliphatic rings. The maximum absolute atomic E-state index is 12.6. The molecule has 0 saturated carbocycles. The number of hydrogen-bond acceptors (Lipinski definition) is 5. The predicted octanol–water partition coefficient (Wildman–Crippen LogP) is 1.75. The van der Waals surface area contributed by atoms with Crippen molar-refractivity contribution in [1.29, 1.82) is 0 Å². The number of carbonyl (C=O) groups excluding carboxylic acids is 1. The summed E-state index contributed by atoms with van der Waals surface area (Å²) < 4.78 is 1.62. The summed E-state index contributed by atoms with van der Waals surface area (Å²) in [7, 11) is 0. The number of aromatic nitrogens is 4. The highest BCUT2D eigenvalue weighted by Gasteiger charge is 2.31. The second-order valence-corrected chi connectivity index (χ2v) is 6.13. The minimum absolute atomic E-state index is 0.0849. The van der Waals surface area contributed by atoms with Crippen molar-refractivity contribution in [2.75, 3.05) is 12.3 Å². The van der Waals surface area contributed by atoms with Crippen molar-refractivity contribution in [3.05, 3.63) is 23.8 Å². The summed E-state index contributed by atoms with van der Waals surface area (Å²) in [5.41, 5.74) is 0.919. The van der Waals surface area contributed by atoms with Crippen molar-refractivity contribution in [1.82, 2.24) is 24.5 Å². The monoisotopic (exact) mass is 291 g/mol. The molecule has 1 aliphatic heterocycles. The highest BCUT2D eigenvalue weighted by atomic mass is 32.2. The van der Waals surface area contributed by atoms with Crippen molar-refractivity contribution in [2.24, 2.45) is 0 Å². The van der Waals surface area contributed by atoms with Gasteiger partial charge in [-0.3, -0.25) is 4.79 Å². The molecule has 0 N–H and O–H groups in total. The lowest BCUT2D eigenvalue weighted by Gasteiger charge is -2.21. The van der Waals surface area contributed by atoms with Crippen LogP contribution in [0, 0.1) is 6.92 Å². The molecule has 1 atom stereocenters. The first-order valence-corrected chi connectivity index (χ1v) is 7.86. The van der Waals surface area contributed by atoms with Crippen LogP contribution in [-0.4, -0.2) is 48.1 Å². The van der Waals surface area contributed by atoms with Gasteiger partial charge in [0.1, 0.15) is 0 Å². The van der Waals surface area contributed by atoms with Gasteiger partial charge in [0.05, 0.1) is 5.37 Å². The Bertz CT molecular complexity index is 641. The number of rotatable bonds is 3. The van der Waals surface area contributed by atoms with E-state index in [0.29, 0.717) is 5.78 Å². The quantitative estimate of drug-likeness (QED) is 0.862. The van der Waals surface area contributed by atoms with Crippen LogP contribution in [0.3, 0.4) is 0 Å². The summed E-state index contributed by atoms with van der Waals surface area (Å²) in [4.78, 5) is 22.8. The molecule has 1 saturated heterocycles. The Balaban J connectivity index is 1.90.